The molecule has 1 unspecified atom stereocenters. The predicted molar refractivity (Wildman–Crippen MR) is 197 cm³/mol. The van der Waals surface area contributed by atoms with E-state index in [1.54, 1.807) is 14.2 Å². The maximum Gasteiger partial charge on any atom is 0.126 e. The lowest BCUT2D eigenvalue weighted by atomic mass is 9.93. The van der Waals surface area contributed by atoms with Crippen molar-refractivity contribution in [1.29, 1.82) is 0 Å². The van der Waals surface area contributed by atoms with Crippen LogP contribution in [0.1, 0.15) is 101 Å². The smallest absolute Gasteiger partial charge is 0.126 e. The highest BCUT2D eigenvalue weighted by Gasteiger charge is 2.49. The molecule has 0 aliphatic carbocycles. The first kappa shape index (κ1) is 38.4. The Hall–Kier alpha value is -1.42. The van der Waals surface area contributed by atoms with Gasteiger partial charge in [-0.25, -0.2) is 0 Å². The van der Waals surface area contributed by atoms with E-state index in [0.29, 0.717) is 31.7 Å². The third-order valence-electron chi connectivity index (χ3n) is 9.08. The number of methoxy groups -OCH3 is 2. The summed E-state index contributed by atoms with van der Waals surface area (Å²) in [5.41, 5.74) is 3.79. The lowest BCUT2D eigenvalue weighted by Crippen LogP contribution is -2.55. The van der Waals surface area contributed by atoms with Gasteiger partial charge in [0.05, 0.1) is 31.3 Å². The van der Waals surface area contributed by atoms with E-state index in [4.69, 9.17) is 28.4 Å². The predicted octanol–water partition coefficient (Wildman–Crippen LogP) is 9.49. The van der Waals surface area contributed by atoms with Gasteiger partial charge in [0, 0.05) is 48.2 Å². The summed E-state index contributed by atoms with van der Waals surface area (Å²) in [6.45, 7) is 12.3. The molecule has 2 aromatic carbocycles. The molecule has 0 bridgehead atoms. The minimum atomic E-state index is -0.212. The van der Waals surface area contributed by atoms with Crippen molar-refractivity contribution in [2.75, 3.05) is 47.3 Å². The minimum absolute atomic E-state index is 0.0164. The second-order valence-electron chi connectivity index (χ2n) is 12.8. The fourth-order valence-electron chi connectivity index (χ4n) is 6.40. The third-order valence-corrected chi connectivity index (χ3v) is 12.0. The van der Waals surface area contributed by atoms with E-state index in [2.05, 4.69) is 64.1 Å². The van der Waals surface area contributed by atoms with Gasteiger partial charge < -0.3 is 28.4 Å². The Balaban J connectivity index is 1.73. The maximum atomic E-state index is 6.88. The maximum absolute atomic E-state index is 6.88. The van der Waals surface area contributed by atoms with Crippen molar-refractivity contribution in [3.63, 3.8) is 0 Å². The standard InChI is InChI=1S/C39H60O6S2/c1-7-11-19-42-27-35-36(43-20-12-8-2)37(44-21-13-9-3)38(45-22-14-10-4)39(47-35)31-25-29(32(40-5)26-33(31)41-6)24-30-23-28-17-15-16-18-34(28)46-30/h15-18,25-26,30,35-39H,7-14,19-24,27H2,1-6H3/t30?,35-,36-,37+,38-,39+/m1/s1. The first-order valence-electron chi connectivity index (χ1n) is 18.2. The second kappa shape index (κ2) is 20.9. The average molecular weight is 689 g/mol. The molecule has 8 heteroatoms. The molecule has 2 aromatic rings. The molecule has 1 saturated heterocycles. The zero-order valence-electron chi connectivity index (χ0n) is 29.8. The van der Waals surface area contributed by atoms with Gasteiger partial charge in [-0.15, -0.1) is 23.5 Å². The number of fused-ring (bicyclic) bond motifs is 1. The number of hydrogen-bond donors (Lipinski definition) is 0. The van der Waals surface area contributed by atoms with Crippen LogP contribution in [-0.4, -0.2) is 76.1 Å². The lowest BCUT2D eigenvalue weighted by Gasteiger charge is -2.46. The van der Waals surface area contributed by atoms with E-state index >= 15 is 0 Å². The van der Waals surface area contributed by atoms with Crippen LogP contribution in [0.3, 0.4) is 0 Å². The Labute approximate surface area is 293 Å². The van der Waals surface area contributed by atoms with Gasteiger partial charge in [-0.2, -0.15) is 0 Å². The van der Waals surface area contributed by atoms with Gasteiger partial charge >= 0.3 is 0 Å². The van der Waals surface area contributed by atoms with E-state index in [-0.39, 0.29) is 28.8 Å². The van der Waals surface area contributed by atoms with Crippen molar-refractivity contribution >= 4 is 23.5 Å². The highest BCUT2D eigenvalue weighted by atomic mass is 32.2. The summed E-state index contributed by atoms with van der Waals surface area (Å²) in [5, 5.41) is 0.540. The van der Waals surface area contributed by atoms with Gasteiger partial charge in [0.2, 0.25) is 0 Å². The molecular formula is C39H60O6S2. The molecule has 0 aromatic heterocycles. The minimum Gasteiger partial charge on any atom is -0.496 e. The number of benzene rings is 2. The van der Waals surface area contributed by atoms with Crippen LogP contribution >= 0.6 is 23.5 Å². The van der Waals surface area contributed by atoms with Gasteiger partial charge in [-0.3, -0.25) is 0 Å². The monoisotopic (exact) mass is 688 g/mol. The average Bonchev–Trinajstić information content (AvgIpc) is 3.50. The Morgan fingerprint density at radius 3 is 1.96 bits per heavy atom. The Morgan fingerprint density at radius 1 is 0.702 bits per heavy atom. The van der Waals surface area contributed by atoms with Crippen LogP contribution in [0, 0.1) is 0 Å². The van der Waals surface area contributed by atoms with E-state index in [1.165, 1.54) is 16.0 Å². The summed E-state index contributed by atoms with van der Waals surface area (Å²) in [4.78, 5) is 1.39. The molecule has 6 atom stereocenters. The SMILES string of the molecule is CCCCOC[C@H]1S[C@@H](c2cc(CC3Cc4ccccc4S3)c(OC)cc2OC)[C@H](OCCCC)[C@@H](OCCCC)[C@@H]1OCCCC. The van der Waals surface area contributed by atoms with Crippen molar-refractivity contribution in [2.24, 2.45) is 0 Å². The first-order chi connectivity index (χ1) is 23.1. The third kappa shape index (κ3) is 10.8. The van der Waals surface area contributed by atoms with Gasteiger partial charge in [-0.1, -0.05) is 71.6 Å². The molecule has 0 spiro atoms. The number of ether oxygens (including phenoxy) is 6. The van der Waals surface area contributed by atoms with Crippen molar-refractivity contribution in [1.82, 2.24) is 0 Å². The van der Waals surface area contributed by atoms with Crippen LogP contribution in [0.15, 0.2) is 41.3 Å². The van der Waals surface area contributed by atoms with E-state index in [9.17, 15) is 0 Å². The Morgan fingerprint density at radius 2 is 1.32 bits per heavy atom. The quantitative estimate of drug-likeness (QED) is 0.113. The summed E-state index contributed by atoms with van der Waals surface area (Å²) in [7, 11) is 3.53. The molecule has 6 nitrogen and oxygen atoms in total. The summed E-state index contributed by atoms with van der Waals surface area (Å²) in [5.74, 6) is 1.71. The van der Waals surface area contributed by atoms with Gasteiger partial charge in [0.15, 0.2) is 0 Å². The highest BCUT2D eigenvalue weighted by molar-refractivity contribution is 8.00. The van der Waals surface area contributed by atoms with Crippen molar-refractivity contribution in [3.05, 3.63) is 53.1 Å². The van der Waals surface area contributed by atoms with E-state index in [1.807, 2.05) is 23.5 Å². The zero-order valence-corrected chi connectivity index (χ0v) is 31.4. The molecule has 2 heterocycles. The molecule has 0 N–H and O–H groups in total. The Bertz CT molecular complexity index is 1150. The molecule has 0 radical (unpaired) electrons. The molecule has 2 aliphatic rings. The highest BCUT2D eigenvalue weighted by Crippen LogP contribution is 2.51. The van der Waals surface area contributed by atoms with Crippen LogP contribution in [-0.2, 0) is 31.8 Å². The molecule has 0 amide bonds. The van der Waals surface area contributed by atoms with Crippen LogP contribution < -0.4 is 9.47 Å². The van der Waals surface area contributed by atoms with Crippen molar-refractivity contribution in [2.45, 2.75) is 131 Å². The van der Waals surface area contributed by atoms with Gasteiger partial charge in [-0.05, 0) is 61.8 Å². The van der Waals surface area contributed by atoms with Crippen molar-refractivity contribution < 1.29 is 28.4 Å². The van der Waals surface area contributed by atoms with Crippen LogP contribution in [0.5, 0.6) is 11.5 Å². The molecule has 1 fully saturated rings. The second-order valence-corrected chi connectivity index (χ2v) is 15.5. The molecule has 0 saturated carbocycles. The van der Waals surface area contributed by atoms with Gasteiger partial charge in [0.25, 0.3) is 0 Å². The number of rotatable bonds is 22. The van der Waals surface area contributed by atoms with Crippen molar-refractivity contribution in [3.8, 4) is 11.5 Å². The fraction of sp³-hybridized carbons (Fsp3) is 0.692. The number of hydrogen-bond acceptors (Lipinski definition) is 8. The molecule has 4 rings (SSSR count). The summed E-state index contributed by atoms with van der Waals surface area (Å²) >= 11 is 3.90. The molecular weight excluding hydrogens is 629 g/mol. The largest absolute Gasteiger partial charge is 0.496 e. The number of thioether (sulfide) groups is 2. The molecule has 264 valence electrons. The molecule has 47 heavy (non-hydrogen) atoms. The number of unbranched alkanes of at least 4 members (excludes halogenated alkanes) is 4. The van der Waals surface area contributed by atoms with Crippen LogP contribution in [0.4, 0.5) is 0 Å². The van der Waals surface area contributed by atoms with Gasteiger partial charge in [0.1, 0.15) is 29.8 Å². The summed E-state index contributed by atoms with van der Waals surface area (Å²) < 4.78 is 38.9. The van der Waals surface area contributed by atoms with Crippen LogP contribution in [0.2, 0.25) is 0 Å². The normalized spacial score (nSPS) is 24.0. The van der Waals surface area contributed by atoms with Crippen LogP contribution in [0.25, 0.3) is 0 Å². The summed E-state index contributed by atoms with van der Waals surface area (Å²) in [6, 6.07) is 13.2. The lowest BCUT2D eigenvalue weighted by molar-refractivity contribution is -0.149. The zero-order chi connectivity index (χ0) is 33.4. The van der Waals surface area contributed by atoms with E-state index < -0.39 is 0 Å². The Kier molecular flexibility index (Phi) is 17.1. The fourth-order valence-corrected chi connectivity index (χ4v) is 9.40. The first-order valence-corrected chi connectivity index (χ1v) is 20.0. The topological polar surface area (TPSA) is 55.4 Å². The molecule has 2 aliphatic heterocycles. The van der Waals surface area contributed by atoms with E-state index in [0.717, 1.165) is 87.9 Å². The summed E-state index contributed by atoms with van der Waals surface area (Å²) in [6.07, 6.45) is 9.91.